The van der Waals surface area contributed by atoms with E-state index in [0.717, 1.165) is 44.7 Å². The predicted molar refractivity (Wildman–Crippen MR) is 174 cm³/mol. The zero-order valence-electron chi connectivity index (χ0n) is 26.7. The molecule has 0 aliphatic carbocycles. The van der Waals surface area contributed by atoms with Crippen LogP contribution in [0.5, 0.6) is 0 Å². The van der Waals surface area contributed by atoms with Gasteiger partial charge < -0.3 is 15.1 Å². The fraction of sp³-hybridized carbons (Fsp3) is 0.829. The van der Waals surface area contributed by atoms with Crippen LogP contribution in [0.1, 0.15) is 150 Å². The van der Waals surface area contributed by atoms with Gasteiger partial charge in [0, 0.05) is 37.6 Å². The molecule has 38 heavy (non-hydrogen) atoms. The molecule has 224 valence electrons. The van der Waals surface area contributed by atoms with Gasteiger partial charge in [-0.15, -0.1) is 0 Å². The lowest BCUT2D eigenvalue weighted by molar-refractivity contribution is 0.276. The fourth-order valence-electron chi connectivity index (χ4n) is 5.28. The summed E-state index contributed by atoms with van der Waals surface area (Å²) in [7, 11) is 0. The molecule has 0 rings (SSSR count). The Balaban J connectivity index is 3.80. The zero-order chi connectivity index (χ0) is 28.3. The molecule has 0 aromatic rings. The van der Waals surface area contributed by atoms with Crippen LogP contribution in [0.2, 0.25) is 0 Å². The van der Waals surface area contributed by atoms with Crippen LogP contribution in [0, 0.1) is 0 Å². The molecule has 0 amide bonds. The largest absolute Gasteiger partial charge is 0.388 e. The molecule has 0 radical (unpaired) electrons. The van der Waals surface area contributed by atoms with E-state index in [0.29, 0.717) is 0 Å². The van der Waals surface area contributed by atoms with Crippen LogP contribution in [-0.4, -0.2) is 49.1 Å². The molecule has 0 saturated carbocycles. The van der Waals surface area contributed by atoms with Crippen molar-refractivity contribution < 1.29 is 0 Å². The van der Waals surface area contributed by atoms with Crippen molar-refractivity contribution in [2.45, 2.75) is 150 Å². The molecule has 1 N–H and O–H groups in total. The first-order valence-electron chi connectivity index (χ1n) is 16.7. The molecule has 3 heteroatoms. The maximum Gasteiger partial charge on any atom is 0.0271 e. The van der Waals surface area contributed by atoms with Gasteiger partial charge in [0.05, 0.1) is 0 Å². The Bertz CT molecular complexity index is 562. The normalized spacial score (nSPS) is 11.2. The molecule has 0 atom stereocenters. The molecule has 0 spiro atoms. The summed E-state index contributed by atoms with van der Waals surface area (Å²) in [6, 6.07) is 0. The van der Waals surface area contributed by atoms with Gasteiger partial charge in [-0.1, -0.05) is 110 Å². The molecule has 0 fully saturated rings. The third-order valence-corrected chi connectivity index (χ3v) is 7.77. The number of allylic oxidation sites excluding steroid dienone is 3. The first-order chi connectivity index (χ1) is 18.5. The second-order valence-corrected chi connectivity index (χ2v) is 11.5. The lowest BCUT2D eigenvalue weighted by atomic mass is 10.0. The summed E-state index contributed by atoms with van der Waals surface area (Å²) in [6.45, 7) is 28.7. The number of unbranched alkanes of at least 4 members (excludes halogenated alkanes) is 11. The molecule has 0 aromatic carbocycles. The Hall–Kier alpha value is -1.22. The Morgan fingerprint density at radius 3 is 1.58 bits per heavy atom. The summed E-state index contributed by atoms with van der Waals surface area (Å²) in [6.07, 6.45) is 24.9. The van der Waals surface area contributed by atoms with Crippen molar-refractivity contribution >= 4 is 0 Å². The van der Waals surface area contributed by atoms with Gasteiger partial charge in [-0.25, -0.2) is 0 Å². The Morgan fingerprint density at radius 2 is 1.05 bits per heavy atom. The summed E-state index contributed by atoms with van der Waals surface area (Å²) in [5.74, 6) is 0. The molecule has 0 bridgehead atoms. The third kappa shape index (κ3) is 22.7. The molecule has 0 aromatic heterocycles. The van der Waals surface area contributed by atoms with Crippen molar-refractivity contribution in [2.75, 3.05) is 39.3 Å². The van der Waals surface area contributed by atoms with Crippen molar-refractivity contribution in [2.24, 2.45) is 0 Å². The van der Waals surface area contributed by atoms with Crippen molar-refractivity contribution in [1.29, 1.82) is 0 Å². The van der Waals surface area contributed by atoms with E-state index in [9.17, 15) is 0 Å². The third-order valence-electron chi connectivity index (χ3n) is 7.77. The van der Waals surface area contributed by atoms with E-state index >= 15 is 0 Å². The lowest BCUT2D eigenvalue weighted by Gasteiger charge is -2.26. The summed E-state index contributed by atoms with van der Waals surface area (Å²) in [5, 5.41) is 3.54. The summed E-state index contributed by atoms with van der Waals surface area (Å²) < 4.78 is 0. The van der Waals surface area contributed by atoms with Crippen LogP contribution < -0.4 is 5.32 Å². The van der Waals surface area contributed by atoms with E-state index in [1.165, 1.54) is 134 Å². The zero-order valence-corrected chi connectivity index (χ0v) is 26.7. The van der Waals surface area contributed by atoms with Gasteiger partial charge in [0.1, 0.15) is 0 Å². The molecule has 0 saturated heterocycles. The van der Waals surface area contributed by atoms with E-state index in [4.69, 9.17) is 0 Å². The average Bonchev–Trinajstić information content (AvgIpc) is 2.90. The molecule has 0 aliphatic rings. The molecular formula is C35H69N3. The average molecular weight is 532 g/mol. The maximum absolute atomic E-state index is 4.39. The number of nitrogens with zero attached hydrogens (tertiary/aromatic N) is 2. The number of rotatable bonds is 30. The quantitative estimate of drug-likeness (QED) is 0.0734. The highest BCUT2D eigenvalue weighted by atomic mass is 15.1. The van der Waals surface area contributed by atoms with Crippen molar-refractivity contribution in [3.05, 3.63) is 36.7 Å². The van der Waals surface area contributed by atoms with Crippen LogP contribution >= 0.6 is 0 Å². The van der Waals surface area contributed by atoms with E-state index in [1.807, 2.05) is 0 Å². The van der Waals surface area contributed by atoms with Crippen LogP contribution in [-0.2, 0) is 0 Å². The highest BCUT2D eigenvalue weighted by Gasteiger charge is 2.07. The van der Waals surface area contributed by atoms with Gasteiger partial charge >= 0.3 is 0 Å². The van der Waals surface area contributed by atoms with Crippen LogP contribution in [0.25, 0.3) is 0 Å². The van der Waals surface area contributed by atoms with Gasteiger partial charge in [0.15, 0.2) is 0 Å². The minimum atomic E-state index is 0.979. The minimum Gasteiger partial charge on any atom is -0.388 e. The molecule has 0 aliphatic heterocycles. The van der Waals surface area contributed by atoms with Crippen molar-refractivity contribution in [3.8, 4) is 0 Å². The topological polar surface area (TPSA) is 18.5 Å². The van der Waals surface area contributed by atoms with E-state index in [-0.39, 0.29) is 0 Å². The first kappa shape index (κ1) is 36.8. The minimum absolute atomic E-state index is 0.979. The van der Waals surface area contributed by atoms with Crippen molar-refractivity contribution in [1.82, 2.24) is 15.1 Å². The number of hydrogen-bond acceptors (Lipinski definition) is 3. The molecule has 0 unspecified atom stereocenters. The lowest BCUT2D eigenvalue weighted by Crippen LogP contribution is -2.33. The standard InChI is InChI=1S/C35H69N3/c1-8-12-13-14-15-16-17-18-19-20-21-24-33(5)25-22-23-31-38(11-4)35(7)27-26-34(6)36-28-32-37(29-9-2)30-10-3/h36H,5-32H2,1-4H3. The highest BCUT2D eigenvalue weighted by Crippen LogP contribution is 2.18. The Morgan fingerprint density at radius 1 is 0.526 bits per heavy atom. The predicted octanol–water partition coefficient (Wildman–Crippen LogP) is 10.3. The SMILES string of the molecule is C=C(CCCCCCCCCCCCC)CCCCN(CC)C(=C)CCC(=C)NCCN(CCC)CCC. The van der Waals surface area contributed by atoms with E-state index in [2.05, 4.69) is 62.5 Å². The van der Waals surface area contributed by atoms with E-state index in [1.54, 1.807) is 0 Å². The highest BCUT2D eigenvalue weighted by molar-refractivity contribution is 5.01. The summed E-state index contributed by atoms with van der Waals surface area (Å²) >= 11 is 0. The first-order valence-corrected chi connectivity index (χ1v) is 16.7. The Kier molecular flexibility index (Phi) is 26.5. The summed E-state index contributed by atoms with van der Waals surface area (Å²) in [4.78, 5) is 5.01. The van der Waals surface area contributed by atoms with Gasteiger partial charge in [-0.2, -0.15) is 0 Å². The van der Waals surface area contributed by atoms with E-state index < -0.39 is 0 Å². The summed E-state index contributed by atoms with van der Waals surface area (Å²) in [5.41, 5.74) is 3.87. The van der Waals surface area contributed by atoms with Crippen LogP contribution in [0.3, 0.4) is 0 Å². The monoisotopic (exact) mass is 532 g/mol. The fourth-order valence-corrected chi connectivity index (χ4v) is 5.28. The van der Waals surface area contributed by atoms with Gasteiger partial charge in [-0.05, 0) is 77.8 Å². The number of hydrogen-bond donors (Lipinski definition) is 1. The van der Waals surface area contributed by atoms with Crippen LogP contribution in [0.15, 0.2) is 36.7 Å². The number of nitrogens with one attached hydrogen (secondary N) is 1. The second-order valence-electron chi connectivity index (χ2n) is 11.5. The second kappa shape index (κ2) is 27.4. The van der Waals surface area contributed by atoms with Gasteiger partial charge in [0.25, 0.3) is 0 Å². The van der Waals surface area contributed by atoms with Crippen molar-refractivity contribution in [3.63, 3.8) is 0 Å². The van der Waals surface area contributed by atoms with Crippen LogP contribution in [0.4, 0.5) is 0 Å². The smallest absolute Gasteiger partial charge is 0.0271 e. The van der Waals surface area contributed by atoms with Gasteiger partial charge in [-0.3, -0.25) is 0 Å². The molecular weight excluding hydrogens is 462 g/mol. The van der Waals surface area contributed by atoms with Gasteiger partial charge in [0.2, 0.25) is 0 Å². The maximum atomic E-state index is 4.39. The molecule has 3 nitrogen and oxygen atoms in total. The Labute approximate surface area is 240 Å². The molecule has 0 heterocycles.